The van der Waals surface area contributed by atoms with E-state index in [1.807, 2.05) is 0 Å². The molecule has 1 saturated heterocycles. The number of hydrogen-bond donors (Lipinski definition) is 1. The molecule has 4 rings (SSSR count). The summed E-state index contributed by atoms with van der Waals surface area (Å²) in [6.45, 7) is 0. The van der Waals surface area contributed by atoms with Gasteiger partial charge < -0.3 is 9.73 Å². The molecule has 1 aromatic heterocycles. The standard InChI is InChI=1S/C19H10ClNO4S/c20-13-3-1-2-11(8-13)17(22)16-9-12-6-10(4-5-15(12)25-16)7-14-18(23)26-19(24)21-14/h1-9H,(H,21,24). The first-order valence-electron chi connectivity index (χ1n) is 7.58. The second kappa shape index (κ2) is 6.48. The molecule has 0 unspecified atom stereocenters. The molecule has 1 aliphatic rings. The molecule has 26 heavy (non-hydrogen) atoms. The van der Waals surface area contributed by atoms with Crippen LogP contribution >= 0.6 is 23.4 Å². The Kier molecular flexibility index (Phi) is 4.14. The number of benzene rings is 2. The van der Waals surface area contributed by atoms with Crippen molar-refractivity contribution in [2.75, 3.05) is 0 Å². The minimum absolute atomic E-state index is 0.202. The van der Waals surface area contributed by atoms with Gasteiger partial charge in [-0.25, -0.2) is 0 Å². The molecule has 5 nitrogen and oxygen atoms in total. The molecule has 0 bridgehead atoms. The number of carbonyl (C=O) groups excluding carboxylic acids is 3. The molecule has 2 aromatic carbocycles. The zero-order valence-electron chi connectivity index (χ0n) is 13.1. The van der Waals surface area contributed by atoms with Crippen LogP contribution in [0.1, 0.15) is 21.7 Å². The van der Waals surface area contributed by atoms with E-state index in [-0.39, 0.29) is 27.6 Å². The summed E-state index contributed by atoms with van der Waals surface area (Å²) in [6.07, 6.45) is 1.59. The lowest BCUT2D eigenvalue weighted by Crippen LogP contribution is -2.10. The number of halogens is 1. The Morgan fingerprint density at radius 2 is 1.96 bits per heavy atom. The topological polar surface area (TPSA) is 76.4 Å². The maximum Gasteiger partial charge on any atom is 0.291 e. The lowest BCUT2D eigenvalue weighted by molar-refractivity contribution is -0.107. The monoisotopic (exact) mass is 383 g/mol. The van der Waals surface area contributed by atoms with Crippen LogP contribution in [0.5, 0.6) is 0 Å². The van der Waals surface area contributed by atoms with Gasteiger partial charge in [-0.1, -0.05) is 29.8 Å². The van der Waals surface area contributed by atoms with Gasteiger partial charge in [0.25, 0.3) is 5.24 Å². The Hall–Kier alpha value is -2.83. The number of rotatable bonds is 3. The van der Waals surface area contributed by atoms with E-state index in [0.29, 0.717) is 38.9 Å². The molecule has 3 aromatic rings. The third kappa shape index (κ3) is 3.16. The Bertz CT molecular complexity index is 1120. The first-order valence-corrected chi connectivity index (χ1v) is 8.78. The maximum atomic E-state index is 12.6. The van der Waals surface area contributed by atoms with Crippen molar-refractivity contribution in [3.63, 3.8) is 0 Å². The van der Waals surface area contributed by atoms with Gasteiger partial charge in [0.05, 0.1) is 5.70 Å². The lowest BCUT2D eigenvalue weighted by Gasteiger charge is -1.97. The van der Waals surface area contributed by atoms with Gasteiger partial charge in [-0.15, -0.1) is 0 Å². The highest BCUT2D eigenvalue weighted by Crippen LogP contribution is 2.26. The fourth-order valence-electron chi connectivity index (χ4n) is 2.62. The van der Waals surface area contributed by atoms with Crippen LogP contribution in [-0.2, 0) is 4.79 Å². The van der Waals surface area contributed by atoms with E-state index in [1.165, 1.54) is 0 Å². The fourth-order valence-corrected chi connectivity index (χ4v) is 3.36. The van der Waals surface area contributed by atoms with Gasteiger partial charge in [-0.05, 0) is 42.0 Å². The minimum Gasteiger partial charge on any atom is -0.453 e. The fraction of sp³-hybridized carbons (Fsp3) is 0. The Morgan fingerprint density at radius 3 is 2.69 bits per heavy atom. The highest BCUT2D eigenvalue weighted by atomic mass is 35.5. The predicted molar refractivity (Wildman–Crippen MR) is 100 cm³/mol. The molecular weight excluding hydrogens is 374 g/mol. The zero-order chi connectivity index (χ0) is 18.3. The van der Waals surface area contributed by atoms with E-state index < -0.39 is 0 Å². The second-order valence-corrected chi connectivity index (χ2v) is 6.99. The number of furan rings is 1. The third-order valence-corrected chi connectivity index (χ3v) is 4.73. The van der Waals surface area contributed by atoms with Gasteiger partial charge in [0.2, 0.25) is 10.9 Å². The SMILES string of the molecule is O=C1NC(=Cc2ccc3oc(C(=O)c4cccc(Cl)c4)cc3c2)C(=O)S1. The maximum absolute atomic E-state index is 12.6. The Morgan fingerprint density at radius 1 is 1.12 bits per heavy atom. The van der Waals surface area contributed by atoms with Crippen LogP contribution in [0.4, 0.5) is 4.79 Å². The molecule has 0 spiro atoms. The largest absolute Gasteiger partial charge is 0.453 e. The molecule has 128 valence electrons. The summed E-state index contributed by atoms with van der Waals surface area (Å²) in [5.41, 5.74) is 1.94. The summed E-state index contributed by atoms with van der Waals surface area (Å²) in [4.78, 5) is 35.5. The molecule has 7 heteroatoms. The van der Waals surface area contributed by atoms with Gasteiger partial charge >= 0.3 is 0 Å². The van der Waals surface area contributed by atoms with E-state index in [4.69, 9.17) is 16.0 Å². The highest BCUT2D eigenvalue weighted by Gasteiger charge is 2.25. The molecular formula is C19H10ClNO4S. The van der Waals surface area contributed by atoms with Crippen molar-refractivity contribution in [3.8, 4) is 0 Å². The van der Waals surface area contributed by atoms with Crippen molar-refractivity contribution in [1.82, 2.24) is 5.32 Å². The van der Waals surface area contributed by atoms with Crippen molar-refractivity contribution in [3.05, 3.63) is 76.1 Å². The first-order chi connectivity index (χ1) is 12.5. The Labute approximate surface area is 157 Å². The average molecular weight is 384 g/mol. The molecule has 1 N–H and O–H groups in total. The number of carbonyl (C=O) groups is 3. The van der Waals surface area contributed by atoms with E-state index in [0.717, 1.165) is 0 Å². The van der Waals surface area contributed by atoms with Crippen molar-refractivity contribution in [1.29, 1.82) is 0 Å². The minimum atomic E-state index is -0.389. The van der Waals surface area contributed by atoms with E-state index >= 15 is 0 Å². The number of ketones is 1. The van der Waals surface area contributed by atoms with Crippen LogP contribution in [-0.4, -0.2) is 16.1 Å². The third-order valence-electron chi connectivity index (χ3n) is 3.80. The summed E-state index contributed by atoms with van der Waals surface area (Å²) in [5, 5.41) is 2.98. The highest BCUT2D eigenvalue weighted by molar-refractivity contribution is 8.27. The van der Waals surface area contributed by atoms with E-state index in [9.17, 15) is 14.4 Å². The van der Waals surface area contributed by atoms with Crippen LogP contribution in [0.15, 0.2) is 58.6 Å². The summed E-state index contributed by atoms with van der Waals surface area (Å²) in [6, 6.07) is 13.5. The quantitative estimate of drug-likeness (QED) is 0.526. The Balaban J connectivity index is 1.68. The van der Waals surface area contributed by atoms with Crippen molar-refractivity contribution in [2.45, 2.75) is 0 Å². The molecule has 2 heterocycles. The van der Waals surface area contributed by atoms with Gasteiger partial charge in [0.1, 0.15) is 5.58 Å². The van der Waals surface area contributed by atoms with Crippen molar-refractivity contribution in [2.24, 2.45) is 0 Å². The lowest BCUT2D eigenvalue weighted by atomic mass is 10.1. The van der Waals surface area contributed by atoms with Gasteiger partial charge in [-0.2, -0.15) is 0 Å². The van der Waals surface area contributed by atoms with E-state index in [2.05, 4.69) is 5.32 Å². The molecule has 0 saturated carbocycles. The van der Waals surface area contributed by atoms with Crippen LogP contribution in [0.2, 0.25) is 5.02 Å². The zero-order valence-corrected chi connectivity index (χ0v) is 14.7. The first kappa shape index (κ1) is 16.6. The van der Waals surface area contributed by atoms with E-state index in [1.54, 1.807) is 54.6 Å². The molecule has 1 aliphatic heterocycles. The predicted octanol–water partition coefficient (Wildman–Crippen LogP) is 4.64. The number of fused-ring (bicyclic) bond motifs is 1. The molecule has 1 fully saturated rings. The smallest absolute Gasteiger partial charge is 0.291 e. The second-order valence-electron chi connectivity index (χ2n) is 5.61. The number of thioether (sulfide) groups is 1. The summed E-state index contributed by atoms with van der Waals surface area (Å²) in [7, 11) is 0. The van der Waals surface area contributed by atoms with Gasteiger partial charge in [0.15, 0.2) is 5.76 Å². The van der Waals surface area contributed by atoms with Crippen LogP contribution in [0.3, 0.4) is 0 Å². The number of hydrogen-bond acceptors (Lipinski definition) is 5. The van der Waals surface area contributed by atoms with Crippen molar-refractivity contribution >= 4 is 56.5 Å². The summed E-state index contributed by atoms with van der Waals surface area (Å²) >= 11 is 6.56. The summed E-state index contributed by atoms with van der Waals surface area (Å²) < 4.78 is 5.63. The van der Waals surface area contributed by atoms with Gasteiger partial charge in [0, 0.05) is 27.7 Å². The number of nitrogens with one attached hydrogen (secondary N) is 1. The normalized spacial score (nSPS) is 15.7. The number of amides is 1. The summed E-state index contributed by atoms with van der Waals surface area (Å²) in [5.74, 6) is -0.0638. The molecule has 0 atom stereocenters. The molecule has 0 aliphatic carbocycles. The van der Waals surface area contributed by atoms with Crippen LogP contribution in [0, 0.1) is 0 Å². The van der Waals surface area contributed by atoms with Crippen molar-refractivity contribution < 1.29 is 18.8 Å². The van der Waals surface area contributed by atoms with Crippen LogP contribution in [0.25, 0.3) is 17.0 Å². The average Bonchev–Trinajstić information content (AvgIpc) is 3.16. The molecule has 1 amide bonds. The van der Waals surface area contributed by atoms with Crippen LogP contribution < -0.4 is 5.32 Å². The molecule has 0 radical (unpaired) electrons. The van der Waals surface area contributed by atoms with Gasteiger partial charge in [-0.3, -0.25) is 14.4 Å².